The Morgan fingerprint density at radius 1 is 0.969 bits per heavy atom. The number of hydrogen-bond acceptors (Lipinski definition) is 3. The first-order valence-corrected chi connectivity index (χ1v) is 10.9. The molecule has 0 fully saturated rings. The Bertz CT molecular complexity index is 1280. The van der Waals surface area contributed by atoms with E-state index in [0.29, 0.717) is 6.61 Å². The molecular formula is C27H22ClN2O2+. The van der Waals surface area contributed by atoms with E-state index in [9.17, 15) is 5.11 Å². The normalized spacial score (nSPS) is 13.7. The molecule has 0 bridgehead atoms. The number of allylic oxidation sites excluding steroid dienone is 1. The largest absolute Gasteiger partial charge is 0.508 e. The van der Waals surface area contributed by atoms with Crippen molar-refractivity contribution in [3.05, 3.63) is 113 Å². The third kappa shape index (κ3) is 4.23. The Kier molecular flexibility index (Phi) is 5.61. The Hall–Kier alpha value is -3.63. The number of halogens is 1. The minimum atomic E-state index is 0.220. The summed E-state index contributed by atoms with van der Waals surface area (Å²) in [5, 5.41) is 10.8. The molecule has 1 aliphatic heterocycles. The van der Waals surface area contributed by atoms with E-state index in [2.05, 4.69) is 46.2 Å². The van der Waals surface area contributed by atoms with Crippen LogP contribution in [0.3, 0.4) is 0 Å². The summed E-state index contributed by atoms with van der Waals surface area (Å²) < 4.78 is 8.12. The van der Waals surface area contributed by atoms with Crippen LogP contribution in [0.2, 0.25) is 5.02 Å². The summed E-state index contributed by atoms with van der Waals surface area (Å²) in [5.74, 6) is 0.977. The summed E-state index contributed by atoms with van der Waals surface area (Å²) in [6.07, 6.45) is 8.99. The molecule has 1 N–H and O–H groups in total. The third-order valence-corrected chi connectivity index (χ3v) is 5.85. The van der Waals surface area contributed by atoms with Crippen LogP contribution < -0.4 is 9.30 Å². The maximum atomic E-state index is 10.1. The third-order valence-electron chi connectivity index (χ3n) is 5.60. The molecule has 5 heteroatoms. The maximum absolute atomic E-state index is 10.1. The molecule has 32 heavy (non-hydrogen) atoms. The molecule has 0 radical (unpaired) electrons. The van der Waals surface area contributed by atoms with Crippen LogP contribution in [-0.2, 0) is 13.2 Å². The summed E-state index contributed by atoms with van der Waals surface area (Å²) in [6.45, 7) is 1.24. The van der Waals surface area contributed by atoms with Gasteiger partial charge in [0.15, 0.2) is 18.9 Å². The van der Waals surface area contributed by atoms with E-state index < -0.39 is 0 Å². The minimum Gasteiger partial charge on any atom is -0.508 e. The first-order chi connectivity index (χ1) is 15.7. The van der Waals surface area contributed by atoms with Crippen molar-refractivity contribution in [3.63, 3.8) is 0 Å². The second-order valence-electron chi connectivity index (χ2n) is 7.70. The molecule has 0 atom stereocenters. The molecule has 3 heterocycles. The fourth-order valence-electron chi connectivity index (χ4n) is 3.96. The molecular weight excluding hydrogens is 420 g/mol. The lowest BCUT2D eigenvalue weighted by atomic mass is 9.95. The molecule has 158 valence electrons. The highest BCUT2D eigenvalue weighted by Crippen LogP contribution is 2.38. The molecule has 1 aliphatic rings. The van der Waals surface area contributed by atoms with Gasteiger partial charge in [0.2, 0.25) is 0 Å². The number of nitrogens with zero attached hydrogens (tertiary/aromatic N) is 2. The molecule has 5 rings (SSSR count). The lowest BCUT2D eigenvalue weighted by Gasteiger charge is -2.10. The maximum Gasteiger partial charge on any atom is 0.169 e. The Balaban J connectivity index is 1.40. The summed E-state index contributed by atoms with van der Waals surface area (Å²) in [7, 11) is 0. The van der Waals surface area contributed by atoms with Gasteiger partial charge < -0.3 is 9.84 Å². The molecule has 0 aliphatic carbocycles. The molecule has 4 aromatic rings. The standard InChI is InChI=1S/C27H21ClN2O2/c28-21-7-5-19(6-8-21)20-11-15-30(16-12-20)14-2-4-23-24-3-1-13-29-26(24)18-32-27-10-9-22(31)17-25(23)27/h1,3-13,15-17H,2,14,18H2/p+1. The quantitative estimate of drug-likeness (QED) is 0.406. The van der Waals surface area contributed by atoms with Crippen LogP contribution in [0.1, 0.15) is 23.2 Å². The van der Waals surface area contributed by atoms with Crippen molar-refractivity contribution in [2.75, 3.05) is 0 Å². The molecule has 0 unspecified atom stereocenters. The van der Waals surface area contributed by atoms with Gasteiger partial charge in [-0.3, -0.25) is 4.98 Å². The van der Waals surface area contributed by atoms with E-state index in [-0.39, 0.29) is 5.75 Å². The van der Waals surface area contributed by atoms with Crippen molar-refractivity contribution in [3.8, 4) is 22.6 Å². The van der Waals surface area contributed by atoms with Crippen molar-refractivity contribution in [1.82, 2.24) is 4.98 Å². The number of ether oxygens (including phenoxy) is 1. The monoisotopic (exact) mass is 441 g/mol. The summed E-state index contributed by atoms with van der Waals surface area (Å²) in [5.41, 5.74) is 6.16. The topological polar surface area (TPSA) is 46.2 Å². The van der Waals surface area contributed by atoms with Crippen LogP contribution in [0.5, 0.6) is 11.5 Å². The Morgan fingerprint density at radius 3 is 2.56 bits per heavy atom. The average molecular weight is 442 g/mol. The second-order valence-corrected chi connectivity index (χ2v) is 8.14. The van der Waals surface area contributed by atoms with Gasteiger partial charge in [-0.25, -0.2) is 4.57 Å². The fourth-order valence-corrected chi connectivity index (χ4v) is 4.09. The summed E-state index contributed by atoms with van der Waals surface area (Å²) in [6, 6.07) is 21.3. The van der Waals surface area contributed by atoms with Crippen molar-refractivity contribution in [2.45, 2.75) is 19.6 Å². The number of phenols is 1. The van der Waals surface area contributed by atoms with E-state index >= 15 is 0 Å². The molecule has 0 spiro atoms. The highest BCUT2D eigenvalue weighted by molar-refractivity contribution is 6.30. The number of aromatic nitrogens is 2. The number of hydrogen-bond donors (Lipinski definition) is 1. The van der Waals surface area contributed by atoms with Gasteiger partial charge in [-0.15, -0.1) is 0 Å². The van der Waals surface area contributed by atoms with Crippen LogP contribution >= 0.6 is 11.6 Å². The van der Waals surface area contributed by atoms with Gasteiger partial charge in [0.25, 0.3) is 0 Å². The van der Waals surface area contributed by atoms with Crippen molar-refractivity contribution < 1.29 is 14.4 Å². The predicted octanol–water partition coefficient (Wildman–Crippen LogP) is 5.81. The molecule has 4 nitrogen and oxygen atoms in total. The van der Waals surface area contributed by atoms with E-state index in [0.717, 1.165) is 57.3 Å². The van der Waals surface area contributed by atoms with Gasteiger partial charge in [0.05, 0.1) is 5.69 Å². The van der Waals surface area contributed by atoms with Gasteiger partial charge in [-0.05, 0) is 53.1 Å². The molecule has 0 saturated heterocycles. The molecule has 0 amide bonds. The second kappa shape index (κ2) is 8.85. The van der Waals surface area contributed by atoms with Crippen molar-refractivity contribution >= 4 is 17.2 Å². The van der Waals surface area contributed by atoms with E-state index in [1.807, 2.05) is 36.4 Å². The van der Waals surface area contributed by atoms with Gasteiger partial charge in [-0.2, -0.15) is 0 Å². The molecule has 2 aromatic carbocycles. The van der Waals surface area contributed by atoms with Gasteiger partial charge in [0, 0.05) is 40.9 Å². The Labute approximate surface area is 192 Å². The highest BCUT2D eigenvalue weighted by atomic mass is 35.5. The number of benzene rings is 2. The zero-order valence-corrected chi connectivity index (χ0v) is 18.2. The van der Waals surface area contributed by atoms with Crippen LogP contribution in [-0.4, -0.2) is 10.1 Å². The van der Waals surface area contributed by atoms with Gasteiger partial charge in [0.1, 0.15) is 18.1 Å². The fraction of sp³-hybridized carbons (Fsp3) is 0.111. The number of rotatable bonds is 4. The van der Waals surface area contributed by atoms with Gasteiger partial charge >= 0.3 is 0 Å². The number of fused-ring (bicyclic) bond motifs is 2. The number of pyridine rings is 2. The highest BCUT2D eigenvalue weighted by Gasteiger charge is 2.20. The van der Waals surface area contributed by atoms with Crippen molar-refractivity contribution in [2.24, 2.45) is 0 Å². The summed E-state index contributed by atoms with van der Waals surface area (Å²) >= 11 is 5.99. The Morgan fingerprint density at radius 2 is 1.75 bits per heavy atom. The lowest BCUT2D eigenvalue weighted by Crippen LogP contribution is -2.32. The van der Waals surface area contributed by atoms with Crippen LogP contribution in [0, 0.1) is 0 Å². The van der Waals surface area contributed by atoms with Crippen LogP contribution in [0.15, 0.2) is 91.4 Å². The number of phenolic OH excluding ortho intramolecular Hbond substituents is 1. The first-order valence-electron chi connectivity index (χ1n) is 10.5. The average Bonchev–Trinajstić information content (AvgIpc) is 2.97. The van der Waals surface area contributed by atoms with Gasteiger partial charge in [-0.1, -0.05) is 35.9 Å². The van der Waals surface area contributed by atoms with E-state index in [4.69, 9.17) is 16.3 Å². The smallest absolute Gasteiger partial charge is 0.169 e. The van der Waals surface area contributed by atoms with E-state index in [1.54, 1.807) is 18.3 Å². The van der Waals surface area contributed by atoms with E-state index in [1.165, 1.54) is 0 Å². The first kappa shape index (κ1) is 20.3. The lowest BCUT2D eigenvalue weighted by molar-refractivity contribution is -0.696. The van der Waals surface area contributed by atoms with Crippen LogP contribution in [0.4, 0.5) is 0 Å². The zero-order valence-electron chi connectivity index (χ0n) is 17.4. The van der Waals surface area contributed by atoms with Crippen LogP contribution in [0.25, 0.3) is 16.7 Å². The van der Waals surface area contributed by atoms with Crippen molar-refractivity contribution in [1.29, 1.82) is 0 Å². The zero-order chi connectivity index (χ0) is 21.9. The SMILES string of the molecule is Oc1ccc2c(c1)C(=CCC[n+]1ccc(-c3ccc(Cl)cc3)cc1)c1cccnc1CO2. The minimum absolute atomic E-state index is 0.220. The predicted molar refractivity (Wildman–Crippen MR) is 125 cm³/mol. The molecule has 2 aromatic heterocycles. The number of aryl methyl sites for hydroxylation is 1. The number of aromatic hydroxyl groups is 1. The summed E-state index contributed by atoms with van der Waals surface area (Å²) in [4.78, 5) is 4.50. The molecule has 0 saturated carbocycles.